The molecule has 32 heavy (non-hydrogen) atoms. The Balaban J connectivity index is 1.55. The zero-order valence-electron chi connectivity index (χ0n) is 18.2. The number of H-pyrrole nitrogens is 1. The van der Waals surface area contributed by atoms with Gasteiger partial charge in [-0.25, -0.2) is 0 Å². The van der Waals surface area contributed by atoms with Crippen LogP contribution < -0.4 is 20.7 Å². The minimum atomic E-state index is -0.178. The minimum absolute atomic E-state index is 0.178. The van der Waals surface area contributed by atoms with Crippen LogP contribution >= 0.6 is 0 Å². The number of carbonyl (C=O) groups excluding carboxylic acids is 1. The lowest BCUT2D eigenvalue weighted by Crippen LogP contribution is -2.17. The molecule has 9 nitrogen and oxygen atoms in total. The van der Waals surface area contributed by atoms with Crippen LogP contribution in [0.4, 0.5) is 17.5 Å². The molecule has 3 aromatic heterocycles. The third kappa shape index (κ3) is 3.73. The van der Waals surface area contributed by atoms with Crippen molar-refractivity contribution in [1.82, 2.24) is 24.8 Å². The molecule has 4 N–H and O–H groups in total. The lowest BCUT2D eigenvalue weighted by molar-refractivity contribution is 0.0963. The number of aromatic amines is 1. The first-order valence-electron chi connectivity index (χ1n) is 10.5. The van der Waals surface area contributed by atoms with E-state index in [2.05, 4.69) is 33.2 Å². The molecular formula is C23H25N7O2. The largest absolute Gasteiger partial charge is 0.495 e. The molecule has 4 aromatic rings. The van der Waals surface area contributed by atoms with Crippen molar-refractivity contribution in [3.63, 3.8) is 0 Å². The number of rotatable bonds is 7. The minimum Gasteiger partial charge on any atom is -0.495 e. The summed E-state index contributed by atoms with van der Waals surface area (Å²) in [7, 11) is 5.16. The number of amides is 1. The van der Waals surface area contributed by atoms with E-state index in [1.807, 2.05) is 24.0 Å². The van der Waals surface area contributed by atoms with Gasteiger partial charge in [0, 0.05) is 55.4 Å². The maximum atomic E-state index is 11.9. The quantitative estimate of drug-likeness (QED) is 0.356. The van der Waals surface area contributed by atoms with Crippen molar-refractivity contribution in [1.29, 1.82) is 0 Å². The van der Waals surface area contributed by atoms with E-state index in [0.717, 1.165) is 40.8 Å². The molecule has 0 aliphatic heterocycles. The number of benzene rings is 1. The van der Waals surface area contributed by atoms with Gasteiger partial charge in [0.25, 0.3) is 5.91 Å². The Bertz CT molecular complexity index is 1300. The molecule has 1 aliphatic carbocycles. The van der Waals surface area contributed by atoms with Gasteiger partial charge in [-0.2, -0.15) is 9.97 Å². The van der Waals surface area contributed by atoms with Crippen LogP contribution in [0, 0.1) is 0 Å². The molecule has 5 rings (SSSR count). The first-order valence-corrected chi connectivity index (χ1v) is 10.5. The molecule has 9 heteroatoms. The average Bonchev–Trinajstić information content (AvgIpc) is 3.34. The Morgan fingerprint density at radius 2 is 2.09 bits per heavy atom. The molecule has 1 saturated carbocycles. The van der Waals surface area contributed by atoms with Crippen LogP contribution in [0.15, 0.2) is 42.9 Å². The molecule has 0 bridgehead atoms. The Labute approximate surface area is 185 Å². The van der Waals surface area contributed by atoms with E-state index in [4.69, 9.17) is 14.7 Å². The number of carbonyl (C=O) groups is 1. The van der Waals surface area contributed by atoms with Crippen LogP contribution in [0.5, 0.6) is 5.75 Å². The number of fused-ring (bicyclic) bond motifs is 1. The fourth-order valence-corrected chi connectivity index (χ4v) is 3.71. The number of nitrogens with one attached hydrogen (secondary N) is 4. The number of aryl methyl sites for hydroxylation is 1. The highest BCUT2D eigenvalue weighted by Crippen LogP contribution is 2.36. The summed E-state index contributed by atoms with van der Waals surface area (Å²) in [4.78, 5) is 24.7. The van der Waals surface area contributed by atoms with Crippen molar-refractivity contribution in [2.75, 3.05) is 24.8 Å². The molecule has 1 aliphatic rings. The van der Waals surface area contributed by atoms with Crippen LogP contribution in [-0.2, 0) is 7.05 Å². The summed E-state index contributed by atoms with van der Waals surface area (Å²) in [6, 6.07) is 7.71. The van der Waals surface area contributed by atoms with E-state index < -0.39 is 0 Å². The number of nitrogens with zero attached hydrogens (tertiary/aromatic N) is 3. The standard InChI is InChI=1S/C23H25N7O2/c1-24-22(31)13-4-7-17(18(10-13)32-3)27-23-28-20-19(21(29-23)26-15-5-6-15)16(11-25-20)14-8-9-30(2)12-14/h4,7-12,15H,5-6H2,1-3H3,(H,24,31)(H3,25,26,27,28,29). The van der Waals surface area contributed by atoms with Gasteiger partial charge in [0.2, 0.25) is 5.95 Å². The summed E-state index contributed by atoms with van der Waals surface area (Å²) in [6.07, 6.45) is 8.33. The fraction of sp³-hybridized carbons (Fsp3) is 0.261. The van der Waals surface area contributed by atoms with Crippen molar-refractivity contribution in [3.05, 3.63) is 48.4 Å². The summed E-state index contributed by atoms with van der Waals surface area (Å²) in [5.74, 6) is 1.58. The number of hydrogen-bond acceptors (Lipinski definition) is 6. The third-order valence-corrected chi connectivity index (χ3v) is 5.53. The van der Waals surface area contributed by atoms with Gasteiger partial charge in [0.05, 0.1) is 18.2 Å². The summed E-state index contributed by atoms with van der Waals surface area (Å²) < 4.78 is 7.51. The zero-order valence-corrected chi connectivity index (χ0v) is 18.2. The fourth-order valence-electron chi connectivity index (χ4n) is 3.71. The second kappa shape index (κ2) is 7.92. The molecule has 0 radical (unpaired) electrons. The van der Waals surface area contributed by atoms with Crippen LogP contribution in [0.25, 0.3) is 22.2 Å². The van der Waals surface area contributed by atoms with E-state index >= 15 is 0 Å². The molecule has 0 spiro atoms. The number of hydrogen-bond donors (Lipinski definition) is 4. The number of aromatic nitrogens is 4. The molecule has 164 valence electrons. The van der Waals surface area contributed by atoms with Crippen molar-refractivity contribution in [2.24, 2.45) is 7.05 Å². The third-order valence-electron chi connectivity index (χ3n) is 5.53. The lowest BCUT2D eigenvalue weighted by Gasteiger charge is -2.13. The van der Waals surface area contributed by atoms with E-state index in [1.54, 1.807) is 32.4 Å². The molecule has 1 aromatic carbocycles. The maximum absolute atomic E-state index is 11.9. The van der Waals surface area contributed by atoms with Crippen LogP contribution in [-0.4, -0.2) is 45.6 Å². The Kier molecular flexibility index (Phi) is 4.93. The predicted molar refractivity (Wildman–Crippen MR) is 125 cm³/mol. The Morgan fingerprint density at radius 1 is 1.25 bits per heavy atom. The van der Waals surface area contributed by atoms with E-state index in [1.165, 1.54) is 0 Å². The predicted octanol–water partition coefficient (Wildman–Crippen LogP) is 3.65. The van der Waals surface area contributed by atoms with Crippen molar-refractivity contribution < 1.29 is 9.53 Å². The van der Waals surface area contributed by atoms with Gasteiger partial charge in [0.1, 0.15) is 17.2 Å². The number of anilines is 3. The Hall–Kier alpha value is -4.01. The molecule has 0 saturated heterocycles. The van der Waals surface area contributed by atoms with Gasteiger partial charge >= 0.3 is 0 Å². The Morgan fingerprint density at radius 3 is 2.78 bits per heavy atom. The maximum Gasteiger partial charge on any atom is 0.251 e. The molecular weight excluding hydrogens is 406 g/mol. The highest BCUT2D eigenvalue weighted by atomic mass is 16.5. The van der Waals surface area contributed by atoms with Gasteiger partial charge in [-0.05, 0) is 37.1 Å². The van der Waals surface area contributed by atoms with Crippen LogP contribution in [0.2, 0.25) is 0 Å². The van der Waals surface area contributed by atoms with Crippen molar-refractivity contribution in [2.45, 2.75) is 18.9 Å². The van der Waals surface area contributed by atoms with Crippen LogP contribution in [0.1, 0.15) is 23.2 Å². The van der Waals surface area contributed by atoms with Gasteiger partial charge in [0.15, 0.2) is 0 Å². The zero-order chi connectivity index (χ0) is 22.2. The van der Waals surface area contributed by atoms with Gasteiger partial charge in [-0.1, -0.05) is 0 Å². The van der Waals surface area contributed by atoms with Gasteiger partial charge < -0.3 is 30.2 Å². The molecule has 1 fully saturated rings. The van der Waals surface area contributed by atoms with Gasteiger partial charge in [-0.15, -0.1) is 0 Å². The van der Waals surface area contributed by atoms with Crippen molar-refractivity contribution in [3.8, 4) is 16.9 Å². The normalized spacial score (nSPS) is 13.2. The highest BCUT2D eigenvalue weighted by Gasteiger charge is 2.25. The summed E-state index contributed by atoms with van der Waals surface area (Å²) in [5, 5.41) is 10.4. The second-order valence-electron chi connectivity index (χ2n) is 7.93. The number of ether oxygens (including phenoxy) is 1. The molecule has 0 unspecified atom stereocenters. The average molecular weight is 432 g/mol. The monoisotopic (exact) mass is 431 g/mol. The lowest BCUT2D eigenvalue weighted by atomic mass is 10.1. The molecule has 3 heterocycles. The van der Waals surface area contributed by atoms with Crippen molar-refractivity contribution >= 4 is 34.4 Å². The van der Waals surface area contributed by atoms with E-state index in [-0.39, 0.29) is 5.91 Å². The highest BCUT2D eigenvalue weighted by molar-refractivity contribution is 6.02. The summed E-state index contributed by atoms with van der Waals surface area (Å²) in [5.41, 5.74) is 4.09. The van der Waals surface area contributed by atoms with E-state index in [0.29, 0.717) is 29.0 Å². The van der Waals surface area contributed by atoms with Crippen LogP contribution in [0.3, 0.4) is 0 Å². The second-order valence-corrected chi connectivity index (χ2v) is 7.93. The molecule has 1 amide bonds. The topological polar surface area (TPSA) is 109 Å². The smallest absolute Gasteiger partial charge is 0.251 e. The summed E-state index contributed by atoms with van der Waals surface area (Å²) >= 11 is 0. The number of methoxy groups -OCH3 is 1. The molecule has 0 atom stereocenters. The van der Waals surface area contributed by atoms with E-state index in [9.17, 15) is 4.79 Å². The van der Waals surface area contributed by atoms with Gasteiger partial charge in [-0.3, -0.25) is 4.79 Å². The first kappa shape index (κ1) is 19.9. The SMILES string of the molecule is CNC(=O)c1ccc(Nc2nc(NC3CC3)c3c(-c4ccn(C)c4)c[nH]c3n2)c(OC)c1. The first-order chi connectivity index (χ1) is 15.6. The summed E-state index contributed by atoms with van der Waals surface area (Å²) in [6.45, 7) is 0.